The van der Waals surface area contributed by atoms with E-state index in [0.717, 1.165) is 19.3 Å². The second-order valence-corrected chi connectivity index (χ2v) is 6.76. The smallest absolute Gasteiger partial charge is 0.121 e. The molecule has 2 nitrogen and oxygen atoms in total. The minimum atomic E-state index is -0.269. The van der Waals surface area contributed by atoms with E-state index >= 15 is 0 Å². The molecular weight excluding hydrogens is 212 g/mol. The van der Waals surface area contributed by atoms with Gasteiger partial charge in [0.25, 0.3) is 0 Å². The lowest BCUT2D eigenvalue weighted by Gasteiger charge is -2.44. The Morgan fingerprint density at radius 2 is 2.12 bits per heavy atom. The maximum atomic E-state index is 10.2. The number of hydrogen-bond donors (Lipinski definition) is 1. The van der Waals surface area contributed by atoms with Crippen LogP contribution in [0.1, 0.15) is 46.5 Å². The van der Waals surface area contributed by atoms with E-state index in [1.54, 1.807) is 0 Å². The first-order valence-electron chi connectivity index (χ1n) is 6.94. The molecule has 1 heterocycles. The summed E-state index contributed by atoms with van der Waals surface area (Å²) < 4.78 is 6.13. The zero-order valence-corrected chi connectivity index (χ0v) is 11.2. The van der Waals surface area contributed by atoms with Crippen molar-refractivity contribution in [2.75, 3.05) is 0 Å². The Balaban J connectivity index is 1.91. The summed E-state index contributed by atoms with van der Waals surface area (Å²) in [6.07, 6.45) is 4.09. The van der Waals surface area contributed by atoms with Gasteiger partial charge in [0.2, 0.25) is 0 Å². The molecule has 6 atom stereocenters. The van der Waals surface area contributed by atoms with Gasteiger partial charge in [0.1, 0.15) is 11.2 Å². The van der Waals surface area contributed by atoms with Gasteiger partial charge < -0.3 is 9.84 Å². The summed E-state index contributed by atoms with van der Waals surface area (Å²) >= 11 is 0. The van der Waals surface area contributed by atoms with Crippen molar-refractivity contribution in [1.82, 2.24) is 0 Å². The fourth-order valence-electron chi connectivity index (χ4n) is 4.57. The standard InChI is InChI=1S/C15H24O2/c1-9(2)11-7-10(3)12-5-6-13(16)14(4)15(12,8-11)17-14/h10-13,16H,1,5-8H2,2-4H3/t10-,11+,12-,13+,14+,15-/m0/s1. The first-order chi connectivity index (χ1) is 7.91. The van der Waals surface area contributed by atoms with Crippen molar-refractivity contribution in [2.45, 2.75) is 63.8 Å². The van der Waals surface area contributed by atoms with Crippen molar-refractivity contribution in [1.29, 1.82) is 0 Å². The number of aliphatic hydroxyl groups is 1. The first-order valence-corrected chi connectivity index (χ1v) is 6.94. The van der Waals surface area contributed by atoms with Crippen molar-refractivity contribution in [3.05, 3.63) is 12.2 Å². The molecule has 1 N–H and O–H groups in total. The van der Waals surface area contributed by atoms with Crippen molar-refractivity contribution in [3.8, 4) is 0 Å². The summed E-state index contributed by atoms with van der Waals surface area (Å²) in [5, 5.41) is 10.2. The van der Waals surface area contributed by atoms with Gasteiger partial charge in [0, 0.05) is 0 Å². The second kappa shape index (κ2) is 3.36. The predicted octanol–water partition coefficient (Wildman–Crippen LogP) is 2.91. The fourth-order valence-corrected chi connectivity index (χ4v) is 4.57. The third kappa shape index (κ3) is 1.34. The highest BCUT2D eigenvalue weighted by Gasteiger charge is 2.76. The van der Waals surface area contributed by atoms with Gasteiger partial charge in [-0.3, -0.25) is 0 Å². The Morgan fingerprint density at radius 1 is 1.41 bits per heavy atom. The van der Waals surface area contributed by atoms with Crippen molar-refractivity contribution >= 4 is 0 Å². The Labute approximate surface area is 104 Å². The van der Waals surface area contributed by atoms with Crippen LogP contribution in [0.3, 0.4) is 0 Å². The molecule has 0 amide bonds. The molecule has 0 unspecified atom stereocenters. The number of hydrogen-bond acceptors (Lipinski definition) is 2. The SMILES string of the molecule is C=C(C)[C@@H]1C[C@H](C)[C@@H]2CC[C@@H](O)[C@@]3(C)O[C@@]23C1. The summed E-state index contributed by atoms with van der Waals surface area (Å²) in [4.78, 5) is 0. The molecule has 3 rings (SSSR count). The van der Waals surface area contributed by atoms with Crippen LogP contribution < -0.4 is 0 Å². The third-order valence-electron chi connectivity index (χ3n) is 5.77. The lowest BCUT2D eigenvalue weighted by molar-refractivity contribution is 0.0319. The average molecular weight is 236 g/mol. The lowest BCUT2D eigenvalue weighted by atomic mass is 9.58. The van der Waals surface area contributed by atoms with Crippen LogP contribution in [0.5, 0.6) is 0 Å². The van der Waals surface area contributed by atoms with E-state index in [4.69, 9.17) is 4.74 Å². The molecule has 96 valence electrons. The largest absolute Gasteiger partial charge is 0.390 e. The topological polar surface area (TPSA) is 32.8 Å². The van der Waals surface area contributed by atoms with Gasteiger partial charge >= 0.3 is 0 Å². The van der Waals surface area contributed by atoms with Crippen LogP contribution >= 0.6 is 0 Å². The third-order valence-corrected chi connectivity index (χ3v) is 5.77. The first kappa shape index (κ1) is 11.7. The van der Waals surface area contributed by atoms with E-state index in [0.29, 0.717) is 17.8 Å². The minimum Gasteiger partial charge on any atom is -0.390 e. The Kier molecular flexibility index (Phi) is 2.32. The minimum absolute atomic E-state index is 0.0358. The molecule has 17 heavy (non-hydrogen) atoms. The van der Waals surface area contributed by atoms with Crippen molar-refractivity contribution in [2.24, 2.45) is 17.8 Å². The van der Waals surface area contributed by atoms with Gasteiger partial charge in [-0.25, -0.2) is 0 Å². The van der Waals surface area contributed by atoms with Crippen LogP contribution in [0.4, 0.5) is 0 Å². The number of allylic oxidation sites excluding steroid dienone is 1. The molecule has 2 heteroatoms. The molecule has 0 aromatic carbocycles. The normalized spacial score (nSPS) is 56.9. The molecule has 0 bridgehead atoms. The van der Waals surface area contributed by atoms with Crippen LogP contribution in [0.25, 0.3) is 0 Å². The summed E-state index contributed by atoms with van der Waals surface area (Å²) in [5.41, 5.74) is 0.979. The monoisotopic (exact) mass is 236 g/mol. The highest BCUT2D eigenvalue weighted by molar-refractivity contribution is 5.26. The van der Waals surface area contributed by atoms with Crippen LogP contribution in [0.2, 0.25) is 0 Å². The number of rotatable bonds is 1. The molecule has 0 aromatic heterocycles. The van der Waals surface area contributed by atoms with E-state index in [2.05, 4.69) is 27.4 Å². The van der Waals surface area contributed by atoms with Crippen LogP contribution in [0.15, 0.2) is 12.2 Å². The zero-order valence-electron chi connectivity index (χ0n) is 11.2. The summed E-state index contributed by atoms with van der Waals surface area (Å²) in [6, 6.07) is 0. The molecule has 1 aliphatic heterocycles. The van der Waals surface area contributed by atoms with Gasteiger partial charge in [0.05, 0.1) is 6.10 Å². The van der Waals surface area contributed by atoms with E-state index in [1.807, 2.05) is 0 Å². The highest BCUT2D eigenvalue weighted by atomic mass is 16.6. The fraction of sp³-hybridized carbons (Fsp3) is 0.867. The molecule has 0 radical (unpaired) electrons. The van der Waals surface area contributed by atoms with Gasteiger partial charge in [-0.05, 0) is 57.3 Å². The quantitative estimate of drug-likeness (QED) is 0.561. The van der Waals surface area contributed by atoms with E-state index < -0.39 is 0 Å². The van der Waals surface area contributed by atoms with Gasteiger partial charge in [-0.15, -0.1) is 0 Å². The number of ether oxygens (including phenoxy) is 1. The molecule has 2 saturated carbocycles. The summed E-state index contributed by atoms with van der Waals surface area (Å²) in [5.74, 6) is 1.92. The molecule has 3 fully saturated rings. The number of epoxide rings is 1. The lowest BCUT2D eigenvalue weighted by Crippen LogP contribution is -2.50. The maximum absolute atomic E-state index is 10.2. The summed E-state index contributed by atoms with van der Waals surface area (Å²) in [6.45, 7) is 10.7. The molecule has 0 aromatic rings. The zero-order chi connectivity index (χ0) is 12.4. The highest BCUT2D eigenvalue weighted by Crippen LogP contribution is 2.67. The Hall–Kier alpha value is -0.340. The van der Waals surface area contributed by atoms with Crippen molar-refractivity contribution in [3.63, 3.8) is 0 Å². The predicted molar refractivity (Wildman–Crippen MR) is 67.7 cm³/mol. The Morgan fingerprint density at radius 3 is 2.76 bits per heavy atom. The molecule has 1 spiro atoms. The van der Waals surface area contributed by atoms with Gasteiger partial charge in [-0.1, -0.05) is 19.1 Å². The second-order valence-electron chi connectivity index (χ2n) is 6.76. The van der Waals surface area contributed by atoms with Gasteiger partial charge in [-0.2, -0.15) is 0 Å². The Bertz CT molecular complexity index is 364. The van der Waals surface area contributed by atoms with E-state index in [1.165, 1.54) is 12.0 Å². The van der Waals surface area contributed by atoms with Crippen LogP contribution in [-0.4, -0.2) is 22.4 Å². The van der Waals surface area contributed by atoms with Crippen LogP contribution in [0, 0.1) is 17.8 Å². The molecule has 1 saturated heterocycles. The van der Waals surface area contributed by atoms with Crippen molar-refractivity contribution < 1.29 is 9.84 Å². The van der Waals surface area contributed by atoms with Crippen LogP contribution in [-0.2, 0) is 4.74 Å². The molecular formula is C15H24O2. The summed E-state index contributed by atoms with van der Waals surface area (Å²) in [7, 11) is 0. The van der Waals surface area contributed by atoms with E-state index in [-0.39, 0.29) is 17.3 Å². The van der Waals surface area contributed by atoms with Gasteiger partial charge in [0.15, 0.2) is 0 Å². The maximum Gasteiger partial charge on any atom is 0.121 e. The number of aliphatic hydroxyl groups excluding tert-OH is 1. The molecule has 3 aliphatic rings. The van der Waals surface area contributed by atoms with E-state index in [9.17, 15) is 5.11 Å². The average Bonchev–Trinajstić information content (AvgIpc) is 2.85. The molecule has 2 aliphatic carbocycles.